The Morgan fingerprint density at radius 3 is 2.94 bits per heavy atom. The molecular formula is C11H14N4O3. The zero-order valence-corrected chi connectivity index (χ0v) is 10.1. The summed E-state index contributed by atoms with van der Waals surface area (Å²) >= 11 is 0. The number of hydrogen-bond donors (Lipinski definition) is 2. The Hall–Kier alpha value is -2.28. The molecule has 96 valence electrons. The van der Waals surface area contributed by atoms with E-state index >= 15 is 0 Å². The van der Waals surface area contributed by atoms with E-state index in [9.17, 15) is 9.59 Å². The maximum absolute atomic E-state index is 11.3. The number of fused-ring (bicyclic) bond motifs is 1. The molecule has 0 bridgehead atoms. The summed E-state index contributed by atoms with van der Waals surface area (Å²) in [6, 6.07) is 4.96. The van der Waals surface area contributed by atoms with Crippen LogP contribution < -0.4 is 17.0 Å². The fraction of sp³-hybridized carbons (Fsp3) is 0.273. The first-order valence-corrected chi connectivity index (χ1v) is 5.33. The van der Waals surface area contributed by atoms with Gasteiger partial charge >= 0.3 is 11.8 Å². The molecule has 2 aromatic rings. The van der Waals surface area contributed by atoms with Gasteiger partial charge in [-0.15, -0.1) is 0 Å². The van der Waals surface area contributed by atoms with Crippen molar-refractivity contribution in [2.75, 3.05) is 7.05 Å². The number of carbonyl (C=O) groups excluding carboxylic acids is 1. The quantitative estimate of drug-likeness (QED) is 0.450. The minimum atomic E-state index is -0.407. The van der Waals surface area contributed by atoms with Crippen molar-refractivity contribution in [2.45, 2.75) is 6.54 Å². The predicted octanol–water partition coefficient (Wildman–Crippen LogP) is 0.147. The van der Waals surface area contributed by atoms with E-state index in [2.05, 4.69) is 0 Å². The van der Waals surface area contributed by atoms with Gasteiger partial charge in [0.1, 0.15) is 0 Å². The van der Waals surface area contributed by atoms with Crippen LogP contribution in [-0.4, -0.2) is 22.5 Å². The van der Waals surface area contributed by atoms with Crippen molar-refractivity contribution < 1.29 is 9.21 Å². The third-order valence-corrected chi connectivity index (χ3v) is 2.75. The van der Waals surface area contributed by atoms with Gasteiger partial charge in [-0.1, -0.05) is 6.07 Å². The summed E-state index contributed by atoms with van der Waals surface area (Å²) in [6.45, 7) is 0.373. The van der Waals surface area contributed by atoms with Crippen molar-refractivity contribution in [2.24, 2.45) is 12.9 Å². The number of carbonyl (C=O) groups is 1. The molecule has 1 heterocycles. The number of hydrazine groups is 1. The van der Waals surface area contributed by atoms with Gasteiger partial charge in [0.25, 0.3) is 0 Å². The Morgan fingerprint density at radius 2 is 2.28 bits per heavy atom. The molecule has 7 heteroatoms. The number of oxazole rings is 1. The molecule has 1 aromatic heterocycles. The molecule has 3 N–H and O–H groups in total. The van der Waals surface area contributed by atoms with Crippen LogP contribution >= 0.6 is 0 Å². The normalized spacial score (nSPS) is 10.6. The number of nitrogens with zero attached hydrogens (tertiary/aromatic N) is 2. The average Bonchev–Trinajstić information content (AvgIpc) is 2.63. The van der Waals surface area contributed by atoms with E-state index in [-0.39, 0.29) is 6.03 Å². The average molecular weight is 250 g/mol. The van der Waals surface area contributed by atoms with Gasteiger partial charge in [0.2, 0.25) is 0 Å². The molecule has 2 amide bonds. The van der Waals surface area contributed by atoms with Crippen LogP contribution in [0.1, 0.15) is 5.56 Å². The summed E-state index contributed by atoms with van der Waals surface area (Å²) < 4.78 is 6.50. The van der Waals surface area contributed by atoms with Crippen LogP contribution in [0.15, 0.2) is 27.4 Å². The van der Waals surface area contributed by atoms with Gasteiger partial charge in [0.15, 0.2) is 5.58 Å². The molecule has 7 nitrogen and oxygen atoms in total. The molecule has 0 saturated carbocycles. The van der Waals surface area contributed by atoms with Crippen molar-refractivity contribution >= 4 is 17.1 Å². The molecule has 0 saturated heterocycles. The van der Waals surface area contributed by atoms with Gasteiger partial charge in [-0.2, -0.15) is 0 Å². The first kappa shape index (κ1) is 12.2. The smallest absolute Gasteiger partial charge is 0.408 e. The monoisotopic (exact) mass is 250 g/mol. The van der Waals surface area contributed by atoms with Gasteiger partial charge in [0, 0.05) is 20.6 Å². The fourth-order valence-corrected chi connectivity index (χ4v) is 1.73. The Balaban J connectivity index is 2.31. The Kier molecular flexibility index (Phi) is 3.07. The van der Waals surface area contributed by atoms with E-state index in [1.54, 1.807) is 26.2 Å². The fourth-order valence-electron chi connectivity index (χ4n) is 1.73. The van der Waals surface area contributed by atoms with Crippen LogP contribution in [0.2, 0.25) is 0 Å². The van der Waals surface area contributed by atoms with E-state index in [1.165, 1.54) is 9.47 Å². The van der Waals surface area contributed by atoms with E-state index in [1.807, 2.05) is 11.5 Å². The van der Waals surface area contributed by atoms with Gasteiger partial charge in [-0.3, -0.25) is 9.99 Å². The highest BCUT2D eigenvalue weighted by Gasteiger charge is 2.10. The third-order valence-electron chi connectivity index (χ3n) is 2.75. The number of amides is 2. The lowest BCUT2D eigenvalue weighted by Crippen LogP contribution is -2.40. The van der Waals surface area contributed by atoms with Crippen LogP contribution in [0, 0.1) is 0 Å². The third kappa shape index (κ3) is 2.07. The first-order chi connectivity index (χ1) is 8.52. The van der Waals surface area contributed by atoms with Gasteiger partial charge < -0.3 is 9.32 Å². The molecular weight excluding hydrogens is 236 g/mol. The maximum Gasteiger partial charge on any atom is 0.419 e. The first-order valence-electron chi connectivity index (χ1n) is 5.33. The molecule has 0 radical (unpaired) electrons. The topological polar surface area (TPSA) is 93.5 Å². The molecule has 0 fully saturated rings. The van der Waals surface area contributed by atoms with Crippen LogP contribution in [0.5, 0.6) is 0 Å². The largest absolute Gasteiger partial charge is 0.419 e. The number of nitrogens with two attached hydrogens (primary N) is 1. The summed E-state index contributed by atoms with van der Waals surface area (Å²) in [7, 11) is 3.26. The number of aromatic nitrogens is 1. The zero-order valence-electron chi connectivity index (χ0n) is 10.1. The molecule has 0 aliphatic heterocycles. The Morgan fingerprint density at radius 1 is 1.56 bits per heavy atom. The van der Waals surface area contributed by atoms with Gasteiger partial charge in [-0.05, 0) is 17.7 Å². The molecule has 1 aromatic carbocycles. The molecule has 0 atom stereocenters. The zero-order chi connectivity index (χ0) is 13.3. The van der Waals surface area contributed by atoms with E-state index in [0.29, 0.717) is 12.1 Å². The summed E-state index contributed by atoms with van der Waals surface area (Å²) in [5.41, 5.74) is 4.11. The van der Waals surface area contributed by atoms with Crippen molar-refractivity contribution in [1.29, 1.82) is 0 Å². The molecule has 18 heavy (non-hydrogen) atoms. The number of nitrogens with one attached hydrogen (secondary N) is 1. The van der Waals surface area contributed by atoms with Crippen molar-refractivity contribution in [3.8, 4) is 0 Å². The molecule has 2 rings (SSSR count). The lowest BCUT2D eigenvalue weighted by molar-refractivity contribution is 0.207. The van der Waals surface area contributed by atoms with Gasteiger partial charge in [0.05, 0.1) is 5.52 Å². The van der Waals surface area contributed by atoms with E-state index < -0.39 is 5.76 Å². The summed E-state index contributed by atoms with van der Waals surface area (Å²) in [5.74, 6) is 4.63. The van der Waals surface area contributed by atoms with Crippen LogP contribution in [-0.2, 0) is 13.6 Å². The molecule has 0 aliphatic rings. The maximum atomic E-state index is 11.3. The van der Waals surface area contributed by atoms with Crippen LogP contribution in [0.4, 0.5) is 4.79 Å². The highest BCUT2D eigenvalue weighted by atomic mass is 16.4. The van der Waals surface area contributed by atoms with E-state index in [0.717, 1.165) is 11.1 Å². The van der Waals surface area contributed by atoms with Crippen LogP contribution in [0.25, 0.3) is 11.1 Å². The lowest BCUT2D eigenvalue weighted by atomic mass is 10.2. The number of aryl methyl sites for hydroxylation is 1. The number of urea groups is 1. The van der Waals surface area contributed by atoms with Crippen molar-refractivity contribution in [3.63, 3.8) is 0 Å². The lowest BCUT2D eigenvalue weighted by Gasteiger charge is -2.15. The Bertz CT molecular complexity index is 643. The number of benzene rings is 1. The second-order valence-corrected chi connectivity index (χ2v) is 4.03. The van der Waals surface area contributed by atoms with Crippen molar-refractivity contribution in [1.82, 2.24) is 14.9 Å². The van der Waals surface area contributed by atoms with Gasteiger partial charge in [-0.25, -0.2) is 15.4 Å². The minimum absolute atomic E-state index is 0.373. The van der Waals surface area contributed by atoms with E-state index in [4.69, 9.17) is 10.3 Å². The van der Waals surface area contributed by atoms with Crippen molar-refractivity contribution in [3.05, 3.63) is 34.3 Å². The number of hydrogen-bond acceptors (Lipinski definition) is 4. The second kappa shape index (κ2) is 4.53. The molecule has 0 unspecified atom stereocenters. The van der Waals surface area contributed by atoms with Crippen LogP contribution in [0.3, 0.4) is 0 Å². The minimum Gasteiger partial charge on any atom is -0.408 e. The summed E-state index contributed by atoms with van der Waals surface area (Å²) in [5, 5.41) is 0. The SMILES string of the molecule is CN(Cc1ccc2c(c1)oc(=O)n2C)C(=O)NN. The highest BCUT2D eigenvalue weighted by Crippen LogP contribution is 2.15. The standard InChI is InChI=1S/C11H14N4O3/c1-14(10(16)13-12)6-7-3-4-8-9(5-7)18-11(17)15(8)2/h3-5H,6,12H2,1-2H3,(H,13,16). The summed E-state index contributed by atoms with van der Waals surface area (Å²) in [6.07, 6.45) is 0. The second-order valence-electron chi connectivity index (χ2n) is 4.03. The Labute approximate surface area is 103 Å². The molecule has 0 spiro atoms. The summed E-state index contributed by atoms with van der Waals surface area (Å²) in [4.78, 5) is 24.0. The number of rotatable bonds is 2. The predicted molar refractivity (Wildman–Crippen MR) is 65.6 cm³/mol. The molecule has 0 aliphatic carbocycles. The highest BCUT2D eigenvalue weighted by molar-refractivity contribution is 5.75.